The van der Waals surface area contributed by atoms with Crippen LogP contribution in [-0.2, 0) is 14.8 Å². The van der Waals surface area contributed by atoms with Gasteiger partial charge in [0.2, 0.25) is 10.0 Å². The Morgan fingerprint density at radius 3 is 2.44 bits per heavy atom. The van der Waals surface area contributed by atoms with Gasteiger partial charge in [-0.15, -0.1) is 0 Å². The number of nitrogens with one attached hydrogen (secondary N) is 1. The highest BCUT2D eigenvalue weighted by Gasteiger charge is 2.50. The van der Waals surface area contributed by atoms with Crippen LogP contribution in [0.25, 0.3) is 0 Å². The topological polar surface area (TPSA) is 61.9 Å². The first-order valence-corrected chi connectivity index (χ1v) is 16.4. The van der Waals surface area contributed by atoms with E-state index in [2.05, 4.69) is 38.2 Å². The Hall–Kier alpha value is -0.470. The first-order valence-electron chi connectivity index (χ1n) is 14.9. The molecule has 4 rings (SSSR count). The van der Waals surface area contributed by atoms with Crippen LogP contribution in [0.3, 0.4) is 0 Å². The van der Waals surface area contributed by atoms with Gasteiger partial charge < -0.3 is 15.0 Å². The molecule has 4 aliphatic rings. The van der Waals surface area contributed by atoms with Crippen LogP contribution in [0.4, 0.5) is 0 Å². The Balaban J connectivity index is 0.00000176. The van der Waals surface area contributed by atoms with Gasteiger partial charge in [0.15, 0.2) is 0 Å². The van der Waals surface area contributed by atoms with Crippen molar-refractivity contribution in [3.8, 4) is 0 Å². The number of allylic oxidation sites excluding steroid dienone is 1. The molecule has 0 amide bonds. The van der Waals surface area contributed by atoms with Crippen molar-refractivity contribution in [2.24, 2.45) is 17.8 Å². The van der Waals surface area contributed by atoms with E-state index in [1.165, 1.54) is 25.7 Å². The van der Waals surface area contributed by atoms with Gasteiger partial charge in [-0.05, 0) is 89.6 Å². The summed E-state index contributed by atoms with van der Waals surface area (Å²) in [5, 5.41) is 3.20. The Morgan fingerprint density at radius 1 is 1.11 bits per heavy atom. The SMILES string of the molecule is CC.CCCC1=C(C(CNC)C2CCC(S(=O)(=O)N3CCN(C)C4CCCC(OC)C43)C(C)C2)CC1. The number of nitrogens with zero attached hydrogens (tertiary/aromatic N) is 2. The highest BCUT2D eigenvalue weighted by atomic mass is 32.2. The maximum atomic E-state index is 14.1. The number of sulfonamides is 1. The summed E-state index contributed by atoms with van der Waals surface area (Å²) in [6.45, 7) is 10.9. The van der Waals surface area contributed by atoms with Crippen LogP contribution in [0, 0.1) is 17.8 Å². The van der Waals surface area contributed by atoms with Crippen molar-refractivity contribution in [1.29, 1.82) is 0 Å². The van der Waals surface area contributed by atoms with Gasteiger partial charge >= 0.3 is 0 Å². The van der Waals surface area contributed by atoms with Crippen molar-refractivity contribution in [2.45, 2.75) is 115 Å². The molecule has 0 aromatic heterocycles. The number of hydrogen-bond acceptors (Lipinski definition) is 5. The predicted molar refractivity (Wildman–Crippen MR) is 151 cm³/mol. The van der Waals surface area contributed by atoms with E-state index in [1.807, 2.05) is 18.2 Å². The van der Waals surface area contributed by atoms with Gasteiger partial charge in [-0.1, -0.05) is 45.3 Å². The summed E-state index contributed by atoms with van der Waals surface area (Å²) in [6.07, 6.45) is 11.0. The van der Waals surface area contributed by atoms with Crippen molar-refractivity contribution < 1.29 is 13.2 Å². The summed E-state index contributed by atoms with van der Waals surface area (Å²) in [7, 11) is 2.60. The lowest BCUT2D eigenvalue weighted by Crippen LogP contribution is -2.66. The average Bonchev–Trinajstić information content (AvgIpc) is 2.87. The van der Waals surface area contributed by atoms with Crippen LogP contribution in [0.1, 0.15) is 91.9 Å². The lowest BCUT2D eigenvalue weighted by Gasteiger charge is -2.52. The fourth-order valence-electron chi connectivity index (χ4n) is 7.77. The number of piperazine rings is 1. The largest absolute Gasteiger partial charge is 0.380 e. The number of ether oxygens (including phenoxy) is 1. The van der Waals surface area contributed by atoms with Crippen LogP contribution < -0.4 is 5.32 Å². The zero-order valence-electron chi connectivity index (χ0n) is 24.3. The van der Waals surface area contributed by atoms with Gasteiger partial charge in [0.05, 0.1) is 17.4 Å². The van der Waals surface area contributed by atoms with E-state index in [-0.39, 0.29) is 29.4 Å². The summed E-state index contributed by atoms with van der Waals surface area (Å²) >= 11 is 0. The molecule has 7 unspecified atom stereocenters. The standard InChI is InChI=1S/C27H49N3O3S.C2H6/c1-6-8-20-11-13-22(20)23(18-28-3)21-12-14-26(19(2)17-21)34(31,32)30-16-15-29(4)24-9-7-10-25(33-5)27(24)30;1-2/h19,21,23-28H,6-18H2,1-5H3;1-2H3. The van der Waals surface area contributed by atoms with Crippen LogP contribution in [0.2, 0.25) is 0 Å². The van der Waals surface area contributed by atoms with Gasteiger partial charge in [0.1, 0.15) is 0 Å². The Labute approximate surface area is 222 Å². The first kappa shape index (κ1) is 30.1. The maximum Gasteiger partial charge on any atom is 0.217 e. The highest BCUT2D eigenvalue weighted by molar-refractivity contribution is 7.89. The molecule has 2 saturated carbocycles. The summed E-state index contributed by atoms with van der Waals surface area (Å²) < 4.78 is 36.0. The molecule has 1 saturated heterocycles. The van der Waals surface area contributed by atoms with E-state index in [1.54, 1.807) is 18.3 Å². The van der Waals surface area contributed by atoms with Crippen molar-refractivity contribution in [2.75, 3.05) is 40.8 Å². The molecule has 1 heterocycles. The highest BCUT2D eigenvalue weighted by Crippen LogP contribution is 2.46. The molecule has 0 radical (unpaired) electrons. The van der Waals surface area contributed by atoms with Crippen LogP contribution >= 0.6 is 0 Å². The van der Waals surface area contributed by atoms with Gasteiger partial charge in [0.25, 0.3) is 0 Å². The van der Waals surface area contributed by atoms with E-state index in [4.69, 9.17) is 4.74 Å². The van der Waals surface area contributed by atoms with Crippen molar-refractivity contribution >= 4 is 10.0 Å². The minimum Gasteiger partial charge on any atom is -0.380 e. The Bertz CT molecular complexity index is 830. The average molecular weight is 526 g/mol. The van der Waals surface area contributed by atoms with Gasteiger partial charge in [0, 0.05) is 32.8 Å². The quantitative estimate of drug-likeness (QED) is 0.427. The third-order valence-corrected chi connectivity index (χ3v) is 12.2. The number of likely N-dealkylation sites (N-methyl/N-ethyl adjacent to an activating group) is 1. The molecule has 210 valence electrons. The Morgan fingerprint density at radius 2 is 1.86 bits per heavy atom. The molecule has 36 heavy (non-hydrogen) atoms. The molecule has 6 nitrogen and oxygen atoms in total. The Kier molecular flexibility index (Phi) is 11.3. The van der Waals surface area contributed by atoms with Crippen LogP contribution in [0.5, 0.6) is 0 Å². The second-order valence-electron chi connectivity index (χ2n) is 11.5. The first-order chi connectivity index (χ1) is 17.3. The minimum absolute atomic E-state index is 0.00506. The molecule has 3 aliphatic carbocycles. The second kappa shape index (κ2) is 13.5. The normalized spacial score (nSPS) is 34.9. The molecule has 0 spiro atoms. The summed E-state index contributed by atoms with van der Waals surface area (Å²) in [4.78, 5) is 2.37. The number of fused-ring (bicyclic) bond motifs is 1. The summed E-state index contributed by atoms with van der Waals surface area (Å²) in [5.41, 5.74) is 3.39. The van der Waals surface area contributed by atoms with E-state index >= 15 is 0 Å². The van der Waals surface area contributed by atoms with Crippen molar-refractivity contribution in [3.05, 3.63) is 11.1 Å². The number of hydrogen-bond donors (Lipinski definition) is 1. The van der Waals surface area contributed by atoms with E-state index in [9.17, 15) is 8.42 Å². The molecule has 7 atom stereocenters. The number of rotatable bonds is 9. The molecule has 0 aromatic carbocycles. The zero-order valence-corrected chi connectivity index (χ0v) is 25.1. The molecule has 0 aromatic rings. The zero-order chi connectivity index (χ0) is 26.5. The molecule has 0 bridgehead atoms. The molecular weight excluding hydrogens is 470 g/mol. The second-order valence-corrected chi connectivity index (χ2v) is 13.6. The maximum absolute atomic E-state index is 14.1. The monoisotopic (exact) mass is 525 g/mol. The van der Waals surface area contributed by atoms with Gasteiger partial charge in [-0.2, -0.15) is 4.31 Å². The van der Waals surface area contributed by atoms with Gasteiger partial charge in [-0.3, -0.25) is 0 Å². The molecule has 1 N–H and O–H groups in total. The van der Waals surface area contributed by atoms with E-state index in [0.29, 0.717) is 18.4 Å². The summed E-state index contributed by atoms with van der Waals surface area (Å²) in [5.74, 6) is 1.37. The third-order valence-electron chi connectivity index (χ3n) is 9.62. The van der Waals surface area contributed by atoms with Gasteiger partial charge in [-0.25, -0.2) is 8.42 Å². The number of methoxy groups -OCH3 is 1. The van der Waals surface area contributed by atoms with Crippen LogP contribution in [-0.4, -0.2) is 81.9 Å². The molecule has 1 aliphatic heterocycles. The fraction of sp³-hybridized carbons (Fsp3) is 0.931. The predicted octanol–water partition coefficient (Wildman–Crippen LogP) is 5.06. The van der Waals surface area contributed by atoms with Crippen LogP contribution in [0.15, 0.2) is 11.1 Å². The molecular formula is C29H55N3O3S. The fourth-order valence-corrected chi connectivity index (χ4v) is 10.2. The minimum atomic E-state index is -3.36. The molecule has 7 heteroatoms. The van der Waals surface area contributed by atoms with E-state index in [0.717, 1.165) is 51.6 Å². The lowest BCUT2D eigenvalue weighted by molar-refractivity contribution is -0.0479. The smallest absolute Gasteiger partial charge is 0.217 e. The third kappa shape index (κ3) is 6.06. The lowest BCUT2D eigenvalue weighted by atomic mass is 9.67. The van der Waals surface area contributed by atoms with Crippen molar-refractivity contribution in [3.63, 3.8) is 0 Å². The van der Waals surface area contributed by atoms with E-state index < -0.39 is 10.0 Å². The molecule has 3 fully saturated rings. The van der Waals surface area contributed by atoms with Crippen molar-refractivity contribution in [1.82, 2.24) is 14.5 Å². The summed E-state index contributed by atoms with van der Waals surface area (Å²) in [6, 6.07) is 0.234.